The lowest BCUT2D eigenvalue weighted by atomic mass is 10.1. The minimum atomic E-state index is -1.24. The minimum absolute atomic E-state index is 0.0286. The highest BCUT2D eigenvalue weighted by Gasteiger charge is 2.61. The fourth-order valence-electron chi connectivity index (χ4n) is 7.39. The lowest BCUT2D eigenvalue weighted by Gasteiger charge is -2.29. The summed E-state index contributed by atoms with van der Waals surface area (Å²) >= 11 is 6.13. The number of carbonyl (C=O) groups is 5. The van der Waals surface area contributed by atoms with Crippen LogP contribution in [0.25, 0.3) is 0 Å². The van der Waals surface area contributed by atoms with Crippen molar-refractivity contribution in [2.75, 3.05) is 13.1 Å². The number of carbonyl (C=O) groups excluding carboxylic acids is 5. The zero-order chi connectivity index (χ0) is 37.7. The van der Waals surface area contributed by atoms with Gasteiger partial charge < -0.3 is 30.3 Å². The van der Waals surface area contributed by atoms with Crippen LogP contribution in [0.3, 0.4) is 0 Å². The average molecular weight is 750 g/mol. The number of allylic oxidation sites excluding steroid dienone is 2. The van der Waals surface area contributed by atoms with Gasteiger partial charge in [0.1, 0.15) is 29.5 Å². The maximum absolute atomic E-state index is 14.4. The van der Waals surface area contributed by atoms with Gasteiger partial charge in [0, 0.05) is 36.0 Å². The number of nitrogens with one attached hydrogen (secondary N) is 3. The topological polar surface area (TPSA) is 146 Å². The highest BCUT2D eigenvalue weighted by molar-refractivity contribution is 6.30. The summed E-state index contributed by atoms with van der Waals surface area (Å²) in [7, 11) is 0. The van der Waals surface area contributed by atoms with E-state index < -0.39 is 53.5 Å². The summed E-state index contributed by atoms with van der Waals surface area (Å²) in [5.74, 6) is -1.99. The van der Waals surface area contributed by atoms with E-state index in [9.17, 15) is 28.4 Å². The number of halogens is 2. The van der Waals surface area contributed by atoms with Crippen molar-refractivity contribution >= 4 is 41.5 Å². The van der Waals surface area contributed by atoms with Crippen LogP contribution in [-0.4, -0.2) is 76.5 Å². The second-order valence-corrected chi connectivity index (χ2v) is 14.7. The molecule has 1 saturated heterocycles. The molecule has 53 heavy (non-hydrogen) atoms. The fraction of sp³-hybridized carbons (Fsp3) is 0.462. The molecule has 14 heteroatoms. The van der Waals surface area contributed by atoms with Crippen LogP contribution in [-0.2, 0) is 43.4 Å². The molecule has 0 bridgehead atoms. The van der Waals surface area contributed by atoms with Crippen LogP contribution >= 0.6 is 11.6 Å². The normalized spacial score (nSPS) is 26.1. The van der Waals surface area contributed by atoms with Crippen molar-refractivity contribution in [3.8, 4) is 0 Å². The molecule has 0 spiro atoms. The van der Waals surface area contributed by atoms with Crippen molar-refractivity contribution in [1.29, 1.82) is 0 Å². The quantitative estimate of drug-likeness (QED) is 0.258. The second kappa shape index (κ2) is 16.4. The minimum Gasteiger partial charge on any atom is -0.444 e. The second-order valence-electron chi connectivity index (χ2n) is 14.2. The van der Waals surface area contributed by atoms with Crippen molar-refractivity contribution in [1.82, 2.24) is 25.8 Å². The highest BCUT2D eigenvalue weighted by Crippen LogP contribution is 2.45. The first-order chi connectivity index (χ1) is 25.4. The molecule has 1 aliphatic carbocycles. The van der Waals surface area contributed by atoms with Crippen molar-refractivity contribution in [2.45, 2.75) is 95.1 Å². The maximum atomic E-state index is 14.4. The Bertz CT molecular complexity index is 1800. The van der Waals surface area contributed by atoms with E-state index in [2.05, 4.69) is 22.5 Å². The predicted molar refractivity (Wildman–Crippen MR) is 194 cm³/mol. The van der Waals surface area contributed by atoms with Gasteiger partial charge in [-0.25, -0.2) is 14.0 Å². The molecule has 0 aromatic heterocycles. The van der Waals surface area contributed by atoms with E-state index in [1.54, 1.807) is 18.2 Å². The van der Waals surface area contributed by atoms with Crippen LogP contribution in [0.1, 0.15) is 68.6 Å². The summed E-state index contributed by atoms with van der Waals surface area (Å²) in [4.78, 5) is 71.1. The number of nitrogens with zero attached hydrogens (tertiary/aromatic N) is 2. The standard InChI is InChI=1S/C39H45ClFN5O7/c1-24(2)52-37(50)43-32-15-7-5-3-4-6-12-27-20-39(27,36(49)42-17-16-25-10-8-13-28(40)18-25)44-34(47)33-19-29(22-46(33)35(32)48)53-38(51)45-21-26-11-9-14-31(41)30(26)23-45/h6,8-14,18,27,29,32-33H,1,3-5,7,15-17,19-23H2,2H3,(H,42,49)(H,43,50)(H,44,47)/b12-6-/t27?,29?,32?,33-,39?/m0/s1. The van der Waals surface area contributed by atoms with Crippen molar-refractivity contribution in [3.63, 3.8) is 0 Å². The molecule has 2 aromatic rings. The molecule has 3 heterocycles. The molecule has 12 nitrogen and oxygen atoms in total. The Balaban J connectivity index is 1.21. The largest absolute Gasteiger partial charge is 0.444 e. The summed E-state index contributed by atoms with van der Waals surface area (Å²) in [5, 5.41) is 9.19. The van der Waals surface area contributed by atoms with Gasteiger partial charge in [0.25, 0.3) is 0 Å². The van der Waals surface area contributed by atoms with Gasteiger partial charge in [-0.1, -0.05) is 67.4 Å². The van der Waals surface area contributed by atoms with Gasteiger partial charge in [-0.2, -0.15) is 0 Å². The van der Waals surface area contributed by atoms with E-state index in [0.29, 0.717) is 42.0 Å². The molecule has 5 atom stereocenters. The number of hydrogen-bond acceptors (Lipinski definition) is 7. The summed E-state index contributed by atoms with van der Waals surface area (Å²) in [6.45, 7) is 5.47. The van der Waals surface area contributed by atoms with Crippen molar-refractivity contribution in [2.24, 2.45) is 5.92 Å². The van der Waals surface area contributed by atoms with E-state index in [0.717, 1.165) is 24.8 Å². The first kappa shape index (κ1) is 37.8. The SMILES string of the molecule is C=C(C)OC(=O)NC1CCCCC/C=C\C2CC2(C(=O)NCCc2cccc(Cl)c2)NC(=O)[C@@H]2CC(OC(=O)N3Cc4cccc(F)c4C3)CN2C1=O. The first-order valence-corrected chi connectivity index (χ1v) is 18.5. The number of benzene rings is 2. The van der Waals surface area contributed by atoms with Crippen LogP contribution < -0.4 is 16.0 Å². The molecule has 4 aliphatic rings. The van der Waals surface area contributed by atoms with E-state index in [4.69, 9.17) is 21.1 Å². The number of fused-ring (bicyclic) bond motifs is 3. The molecule has 0 radical (unpaired) electrons. The van der Waals surface area contributed by atoms with Gasteiger partial charge in [-0.15, -0.1) is 0 Å². The van der Waals surface area contributed by atoms with Crippen LogP contribution in [0.4, 0.5) is 14.0 Å². The number of hydrogen-bond donors (Lipinski definition) is 3. The average Bonchev–Trinajstić information content (AvgIpc) is 3.40. The molecule has 5 amide bonds. The third-order valence-electron chi connectivity index (χ3n) is 10.2. The van der Waals surface area contributed by atoms with E-state index in [1.807, 2.05) is 30.4 Å². The Kier molecular flexibility index (Phi) is 11.7. The Morgan fingerprint density at radius 3 is 2.70 bits per heavy atom. The number of amides is 5. The molecular formula is C39H45ClFN5O7. The number of ether oxygens (including phenoxy) is 2. The molecule has 282 valence electrons. The maximum Gasteiger partial charge on any atom is 0.412 e. The molecule has 6 rings (SSSR count). The lowest BCUT2D eigenvalue weighted by molar-refractivity contribution is -0.141. The van der Waals surface area contributed by atoms with E-state index in [1.165, 1.54) is 22.8 Å². The third-order valence-corrected chi connectivity index (χ3v) is 10.5. The van der Waals surface area contributed by atoms with Crippen molar-refractivity contribution in [3.05, 3.63) is 94.5 Å². The number of rotatable bonds is 7. The van der Waals surface area contributed by atoms with Crippen LogP contribution in [0.15, 0.2) is 67.0 Å². The van der Waals surface area contributed by atoms with Gasteiger partial charge in [-0.3, -0.25) is 19.3 Å². The van der Waals surface area contributed by atoms with E-state index in [-0.39, 0.29) is 50.1 Å². The summed E-state index contributed by atoms with van der Waals surface area (Å²) in [5.41, 5.74) is 0.806. The van der Waals surface area contributed by atoms with Gasteiger partial charge in [0.05, 0.1) is 18.8 Å². The van der Waals surface area contributed by atoms with Gasteiger partial charge >= 0.3 is 12.2 Å². The molecule has 2 aromatic carbocycles. The van der Waals surface area contributed by atoms with Crippen LogP contribution in [0.2, 0.25) is 5.02 Å². The highest BCUT2D eigenvalue weighted by atomic mass is 35.5. The molecule has 1 saturated carbocycles. The van der Waals surface area contributed by atoms with Gasteiger partial charge in [-0.05, 0) is 68.4 Å². The number of alkyl carbamates (subject to hydrolysis) is 1. The van der Waals surface area contributed by atoms with E-state index >= 15 is 0 Å². The Morgan fingerprint density at radius 1 is 1.11 bits per heavy atom. The van der Waals surface area contributed by atoms with Gasteiger partial charge in [0.15, 0.2) is 0 Å². The molecular weight excluding hydrogens is 705 g/mol. The lowest BCUT2D eigenvalue weighted by Crippen LogP contribution is -2.58. The predicted octanol–water partition coefficient (Wildman–Crippen LogP) is 5.28. The summed E-state index contributed by atoms with van der Waals surface area (Å²) in [6.07, 6.45) is 5.62. The zero-order valence-electron chi connectivity index (χ0n) is 29.7. The molecule has 3 aliphatic heterocycles. The molecule has 4 unspecified atom stereocenters. The van der Waals surface area contributed by atoms with Crippen LogP contribution in [0, 0.1) is 11.7 Å². The third kappa shape index (κ3) is 9.01. The Morgan fingerprint density at radius 2 is 1.92 bits per heavy atom. The fourth-order valence-corrected chi connectivity index (χ4v) is 7.61. The monoisotopic (exact) mass is 749 g/mol. The molecule has 3 N–H and O–H groups in total. The Labute approximate surface area is 313 Å². The molecule has 2 fully saturated rings. The van der Waals surface area contributed by atoms with Crippen molar-refractivity contribution < 1.29 is 37.8 Å². The zero-order valence-corrected chi connectivity index (χ0v) is 30.5. The summed E-state index contributed by atoms with van der Waals surface area (Å²) in [6, 6.07) is 9.86. The Hall–Kier alpha value is -4.91. The smallest absolute Gasteiger partial charge is 0.412 e. The van der Waals surface area contributed by atoms with Crippen LogP contribution in [0.5, 0.6) is 0 Å². The van der Waals surface area contributed by atoms with Gasteiger partial charge in [0.2, 0.25) is 17.7 Å². The summed E-state index contributed by atoms with van der Waals surface area (Å²) < 4.78 is 25.4. The first-order valence-electron chi connectivity index (χ1n) is 18.1.